The highest BCUT2D eigenvalue weighted by molar-refractivity contribution is 6.12. The third-order valence-electron chi connectivity index (χ3n) is 3.51. The Bertz CT molecular complexity index is 899. The first-order valence-electron chi connectivity index (χ1n) is 6.95. The number of hydrogen-bond acceptors (Lipinski definition) is 4. The van der Waals surface area contributed by atoms with E-state index in [0.29, 0.717) is 11.4 Å². The molecule has 3 aromatic rings. The SMILES string of the molecule is COc1ccc2[nH]c(C(=O)NC(=O)c3ccccc3N)cc2c1. The molecule has 0 spiro atoms. The van der Waals surface area contributed by atoms with Gasteiger partial charge >= 0.3 is 0 Å². The lowest BCUT2D eigenvalue weighted by Gasteiger charge is -2.05. The summed E-state index contributed by atoms with van der Waals surface area (Å²) in [6.45, 7) is 0. The van der Waals surface area contributed by atoms with Crippen LogP contribution in [0.1, 0.15) is 20.8 Å². The minimum Gasteiger partial charge on any atom is -0.497 e. The van der Waals surface area contributed by atoms with Crippen LogP contribution in [-0.4, -0.2) is 23.9 Å². The van der Waals surface area contributed by atoms with Crippen molar-refractivity contribution in [1.29, 1.82) is 0 Å². The van der Waals surface area contributed by atoms with Crippen molar-refractivity contribution in [2.75, 3.05) is 12.8 Å². The van der Waals surface area contributed by atoms with E-state index < -0.39 is 11.8 Å². The molecule has 0 fully saturated rings. The van der Waals surface area contributed by atoms with Crippen LogP contribution in [0.2, 0.25) is 0 Å². The van der Waals surface area contributed by atoms with E-state index in [4.69, 9.17) is 10.5 Å². The number of aromatic amines is 1. The van der Waals surface area contributed by atoms with Crippen LogP contribution in [0.15, 0.2) is 48.5 Å². The number of nitrogens with one attached hydrogen (secondary N) is 2. The Labute approximate surface area is 132 Å². The molecular weight excluding hydrogens is 294 g/mol. The summed E-state index contributed by atoms with van der Waals surface area (Å²) in [6.07, 6.45) is 0. The number of nitrogens with two attached hydrogens (primary N) is 1. The summed E-state index contributed by atoms with van der Waals surface area (Å²) >= 11 is 0. The van der Waals surface area contributed by atoms with E-state index >= 15 is 0 Å². The lowest BCUT2D eigenvalue weighted by molar-refractivity contribution is 0.0847. The molecule has 0 unspecified atom stereocenters. The van der Waals surface area contributed by atoms with Crippen molar-refractivity contribution < 1.29 is 14.3 Å². The number of carbonyl (C=O) groups is 2. The molecule has 0 saturated carbocycles. The van der Waals surface area contributed by atoms with E-state index in [9.17, 15) is 9.59 Å². The molecular formula is C17H15N3O3. The molecule has 4 N–H and O–H groups in total. The summed E-state index contributed by atoms with van der Waals surface area (Å²) < 4.78 is 5.15. The molecule has 0 bridgehead atoms. The molecule has 0 atom stereocenters. The normalized spacial score (nSPS) is 10.5. The molecule has 3 rings (SSSR count). The molecule has 1 heterocycles. The van der Waals surface area contributed by atoms with Crippen molar-refractivity contribution in [3.8, 4) is 5.75 Å². The van der Waals surface area contributed by atoms with Gasteiger partial charge in [0.1, 0.15) is 11.4 Å². The number of nitrogen functional groups attached to an aromatic ring is 1. The largest absolute Gasteiger partial charge is 0.497 e. The van der Waals surface area contributed by atoms with Crippen molar-refractivity contribution in [2.45, 2.75) is 0 Å². The van der Waals surface area contributed by atoms with Gasteiger partial charge in [-0.3, -0.25) is 14.9 Å². The van der Waals surface area contributed by atoms with Crippen LogP contribution in [0.3, 0.4) is 0 Å². The summed E-state index contributed by atoms with van der Waals surface area (Å²) in [4.78, 5) is 27.3. The van der Waals surface area contributed by atoms with Crippen molar-refractivity contribution >= 4 is 28.4 Å². The second-order valence-corrected chi connectivity index (χ2v) is 5.01. The van der Waals surface area contributed by atoms with Crippen LogP contribution >= 0.6 is 0 Å². The molecule has 0 radical (unpaired) electrons. The molecule has 2 aromatic carbocycles. The number of para-hydroxylation sites is 1. The average Bonchev–Trinajstić information content (AvgIpc) is 2.98. The highest BCUT2D eigenvalue weighted by atomic mass is 16.5. The quantitative estimate of drug-likeness (QED) is 0.511. The Hall–Kier alpha value is -3.28. The fourth-order valence-corrected chi connectivity index (χ4v) is 2.30. The summed E-state index contributed by atoms with van der Waals surface area (Å²) in [6, 6.07) is 13.6. The van der Waals surface area contributed by atoms with Crippen molar-refractivity contribution in [3.05, 3.63) is 59.8 Å². The van der Waals surface area contributed by atoms with E-state index in [2.05, 4.69) is 10.3 Å². The Kier molecular flexibility index (Phi) is 3.72. The molecule has 2 amide bonds. The molecule has 116 valence electrons. The molecule has 23 heavy (non-hydrogen) atoms. The number of H-pyrrole nitrogens is 1. The Morgan fingerprint density at radius 3 is 2.61 bits per heavy atom. The van der Waals surface area contributed by atoms with Gasteiger partial charge in [-0.05, 0) is 36.4 Å². The number of imide groups is 1. The van der Waals surface area contributed by atoms with Gasteiger partial charge < -0.3 is 15.5 Å². The summed E-state index contributed by atoms with van der Waals surface area (Å²) in [5, 5.41) is 3.14. The van der Waals surface area contributed by atoms with Crippen LogP contribution in [0.4, 0.5) is 5.69 Å². The molecule has 0 aliphatic rings. The number of ether oxygens (including phenoxy) is 1. The number of rotatable bonds is 3. The van der Waals surface area contributed by atoms with Gasteiger partial charge in [0, 0.05) is 16.6 Å². The van der Waals surface area contributed by atoms with Gasteiger partial charge in [0.05, 0.1) is 12.7 Å². The van der Waals surface area contributed by atoms with E-state index in [-0.39, 0.29) is 11.3 Å². The number of hydrogen-bond donors (Lipinski definition) is 3. The molecule has 1 aromatic heterocycles. The van der Waals surface area contributed by atoms with Gasteiger partial charge in [0.25, 0.3) is 11.8 Å². The lowest BCUT2D eigenvalue weighted by Crippen LogP contribution is -2.31. The van der Waals surface area contributed by atoms with Gasteiger partial charge in [-0.25, -0.2) is 0 Å². The van der Waals surface area contributed by atoms with Crippen LogP contribution in [0, 0.1) is 0 Å². The topological polar surface area (TPSA) is 97.2 Å². The fraction of sp³-hybridized carbons (Fsp3) is 0.0588. The second kappa shape index (κ2) is 5.84. The van der Waals surface area contributed by atoms with Crippen LogP contribution in [-0.2, 0) is 0 Å². The molecule has 0 saturated heterocycles. The van der Waals surface area contributed by atoms with Crippen molar-refractivity contribution in [2.24, 2.45) is 0 Å². The number of benzene rings is 2. The van der Waals surface area contributed by atoms with Gasteiger partial charge in [0.2, 0.25) is 0 Å². The Morgan fingerprint density at radius 2 is 1.87 bits per heavy atom. The van der Waals surface area contributed by atoms with E-state index in [0.717, 1.165) is 10.9 Å². The minimum absolute atomic E-state index is 0.263. The minimum atomic E-state index is -0.538. The predicted molar refractivity (Wildman–Crippen MR) is 87.5 cm³/mol. The van der Waals surface area contributed by atoms with Crippen molar-refractivity contribution in [3.63, 3.8) is 0 Å². The third kappa shape index (κ3) is 2.87. The summed E-state index contributed by atoms with van der Waals surface area (Å²) in [5.41, 5.74) is 7.38. The number of carbonyl (C=O) groups excluding carboxylic acids is 2. The fourth-order valence-electron chi connectivity index (χ4n) is 2.30. The van der Waals surface area contributed by atoms with Crippen molar-refractivity contribution in [1.82, 2.24) is 10.3 Å². The van der Waals surface area contributed by atoms with Gasteiger partial charge in [-0.15, -0.1) is 0 Å². The standard InChI is InChI=1S/C17H15N3O3/c1-23-11-6-7-14-10(8-11)9-15(19-14)17(22)20-16(21)12-4-2-3-5-13(12)18/h2-9,19H,18H2,1H3,(H,20,21,22). The molecule has 6 nitrogen and oxygen atoms in total. The summed E-state index contributed by atoms with van der Waals surface area (Å²) in [7, 11) is 1.57. The third-order valence-corrected chi connectivity index (χ3v) is 3.51. The molecule has 0 aliphatic heterocycles. The zero-order valence-corrected chi connectivity index (χ0v) is 12.4. The van der Waals surface area contributed by atoms with Gasteiger partial charge in [-0.1, -0.05) is 12.1 Å². The van der Waals surface area contributed by atoms with Gasteiger partial charge in [0.15, 0.2) is 0 Å². The number of methoxy groups -OCH3 is 1. The first-order valence-corrected chi connectivity index (χ1v) is 6.95. The number of aromatic nitrogens is 1. The van der Waals surface area contributed by atoms with E-state index in [1.165, 1.54) is 0 Å². The zero-order valence-electron chi connectivity index (χ0n) is 12.4. The van der Waals surface area contributed by atoms with E-state index in [1.807, 2.05) is 6.07 Å². The maximum atomic E-state index is 12.2. The smallest absolute Gasteiger partial charge is 0.274 e. The zero-order chi connectivity index (χ0) is 16.4. The average molecular weight is 309 g/mol. The van der Waals surface area contributed by atoms with Crippen LogP contribution in [0.25, 0.3) is 10.9 Å². The van der Waals surface area contributed by atoms with Crippen LogP contribution < -0.4 is 15.8 Å². The Morgan fingerprint density at radius 1 is 1.09 bits per heavy atom. The maximum absolute atomic E-state index is 12.2. The predicted octanol–water partition coefficient (Wildman–Crippen LogP) is 2.33. The number of anilines is 1. The molecule has 6 heteroatoms. The Balaban J connectivity index is 1.83. The van der Waals surface area contributed by atoms with Crippen LogP contribution in [0.5, 0.6) is 5.75 Å². The molecule has 0 aliphatic carbocycles. The lowest BCUT2D eigenvalue weighted by atomic mass is 10.1. The summed E-state index contributed by atoms with van der Waals surface area (Å²) in [5.74, 6) is -0.366. The monoisotopic (exact) mass is 309 g/mol. The second-order valence-electron chi connectivity index (χ2n) is 5.01. The van der Waals surface area contributed by atoms with E-state index in [1.54, 1.807) is 49.6 Å². The first kappa shape index (κ1) is 14.6. The number of fused-ring (bicyclic) bond motifs is 1. The highest BCUT2D eigenvalue weighted by Gasteiger charge is 2.16. The first-order chi connectivity index (χ1) is 11.1. The highest BCUT2D eigenvalue weighted by Crippen LogP contribution is 2.21. The maximum Gasteiger partial charge on any atom is 0.274 e. The van der Waals surface area contributed by atoms with Gasteiger partial charge in [-0.2, -0.15) is 0 Å². The number of amides is 2.